The molecule has 0 fully saturated rings. The summed E-state index contributed by atoms with van der Waals surface area (Å²) in [5, 5.41) is 12.8. The summed E-state index contributed by atoms with van der Waals surface area (Å²) in [6.07, 6.45) is 0. The first kappa shape index (κ1) is 15.5. The van der Waals surface area contributed by atoms with E-state index in [1.54, 1.807) is 18.4 Å². The third-order valence-corrected chi connectivity index (χ3v) is 3.39. The monoisotopic (exact) mass is 284 g/mol. The smallest absolute Gasteiger partial charge is 0.323 e. The van der Waals surface area contributed by atoms with Crippen LogP contribution in [0, 0.1) is 0 Å². The van der Waals surface area contributed by atoms with Crippen LogP contribution in [0.1, 0.15) is 26.3 Å². The zero-order valence-electron chi connectivity index (χ0n) is 11.7. The van der Waals surface area contributed by atoms with Crippen LogP contribution in [0.25, 0.3) is 0 Å². The number of rotatable bonds is 4. The number of carbonyl (C=O) groups excluding carboxylic acids is 1. The van der Waals surface area contributed by atoms with Gasteiger partial charge in [0.15, 0.2) is 0 Å². The predicted molar refractivity (Wildman–Crippen MR) is 75.3 cm³/mol. The van der Waals surface area contributed by atoms with Crippen LogP contribution in [0.4, 0.5) is 4.79 Å². The second-order valence-electron chi connectivity index (χ2n) is 5.42. The molecular formula is C13H20N2O3S. The molecule has 0 unspecified atom stereocenters. The molecule has 1 rings (SSSR count). The zero-order valence-corrected chi connectivity index (χ0v) is 12.5. The first-order chi connectivity index (χ1) is 8.71. The largest absolute Gasteiger partial charge is 0.480 e. The molecule has 1 N–H and O–H groups in total. The lowest BCUT2D eigenvalue weighted by Crippen LogP contribution is -2.52. The second kappa shape index (κ2) is 6.06. The lowest BCUT2D eigenvalue weighted by Gasteiger charge is -2.37. The molecule has 6 heteroatoms. The van der Waals surface area contributed by atoms with Crippen LogP contribution in [0.2, 0.25) is 0 Å². The topological polar surface area (TPSA) is 60.9 Å². The SMILES string of the molecule is CN(Cc1ccsc1)C(=O)N(CC(=O)O)C(C)(C)C. The van der Waals surface area contributed by atoms with E-state index in [0.717, 1.165) is 5.56 Å². The van der Waals surface area contributed by atoms with Crippen molar-refractivity contribution in [3.8, 4) is 0 Å². The number of aliphatic carboxylic acids is 1. The quantitative estimate of drug-likeness (QED) is 0.924. The summed E-state index contributed by atoms with van der Waals surface area (Å²) in [6.45, 7) is 5.66. The Bertz CT molecular complexity index is 437. The van der Waals surface area contributed by atoms with E-state index in [1.807, 2.05) is 37.6 Å². The average Bonchev–Trinajstić information content (AvgIpc) is 2.75. The van der Waals surface area contributed by atoms with Crippen molar-refractivity contribution in [2.45, 2.75) is 32.9 Å². The third-order valence-electron chi connectivity index (χ3n) is 2.66. The van der Waals surface area contributed by atoms with Gasteiger partial charge in [-0.1, -0.05) is 0 Å². The summed E-state index contributed by atoms with van der Waals surface area (Å²) in [5.41, 5.74) is 0.517. The van der Waals surface area contributed by atoms with E-state index < -0.39 is 11.5 Å². The number of hydrogen-bond donors (Lipinski definition) is 1. The van der Waals surface area contributed by atoms with Crippen LogP contribution in [0.3, 0.4) is 0 Å². The number of urea groups is 1. The van der Waals surface area contributed by atoms with Crippen LogP contribution < -0.4 is 0 Å². The summed E-state index contributed by atoms with van der Waals surface area (Å²) in [6, 6.07) is 1.67. The minimum Gasteiger partial charge on any atom is -0.480 e. The molecule has 1 aromatic rings. The van der Waals surface area contributed by atoms with Gasteiger partial charge in [-0.2, -0.15) is 11.3 Å². The fourth-order valence-corrected chi connectivity index (χ4v) is 2.32. The van der Waals surface area contributed by atoms with Crippen LogP contribution >= 0.6 is 11.3 Å². The van der Waals surface area contributed by atoms with Gasteiger partial charge in [-0.25, -0.2) is 4.79 Å². The van der Waals surface area contributed by atoms with Crippen molar-refractivity contribution in [3.05, 3.63) is 22.4 Å². The number of hydrogen-bond acceptors (Lipinski definition) is 3. The molecule has 0 saturated carbocycles. The molecule has 1 aromatic heterocycles. The van der Waals surface area contributed by atoms with E-state index in [0.29, 0.717) is 6.54 Å². The van der Waals surface area contributed by atoms with Gasteiger partial charge in [-0.05, 0) is 43.2 Å². The highest BCUT2D eigenvalue weighted by molar-refractivity contribution is 7.07. The first-order valence-corrected chi connectivity index (χ1v) is 6.91. The summed E-state index contributed by atoms with van der Waals surface area (Å²) in [5.74, 6) is -1.01. The number of carboxylic acids is 1. The van der Waals surface area contributed by atoms with Gasteiger partial charge >= 0.3 is 12.0 Å². The lowest BCUT2D eigenvalue weighted by molar-refractivity contribution is -0.138. The molecule has 0 spiro atoms. The molecule has 0 atom stereocenters. The Morgan fingerprint density at radius 1 is 1.37 bits per heavy atom. The molecule has 0 aliphatic carbocycles. The van der Waals surface area contributed by atoms with Gasteiger partial charge in [0.25, 0.3) is 0 Å². The van der Waals surface area contributed by atoms with E-state index in [2.05, 4.69) is 0 Å². The maximum atomic E-state index is 12.3. The maximum Gasteiger partial charge on any atom is 0.323 e. The van der Waals surface area contributed by atoms with Gasteiger partial charge in [0.05, 0.1) is 0 Å². The highest BCUT2D eigenvalue weighted by Crippen LogP contribution is 2.17. The summed E-state index contributed by atoms with van der Waals surface area (Å²) < 4.78 is 0. The molecule has 0 bridgehead atoms. The van der Waals surface area contributed by atoms with E-state index in [-0.39, 0.29) is 12.6 Å². The molecule has 106 valence electrons. The van der Waals surface area contributed by atoms with E-state index in [4.69, 9.17) is 5.11 Å². The van der Waals surface area contributed by atoms with Gasteiger partial charge in [0.1, 0.15) is 6.54 Å². The van der Waals surface area contributed by atoms with Gasteiger partial charge in [-0.3, -0.25) is 4.79 Å². The van der Waals surface area contributed by atoms with Crippen molar-refractivity contribution in [1.82, 2.24) is 9.80 Å². The lowest BCUT2D eigenvalue weighted by atomic mass is 10.1. The molecule has 1 heterocycles. The van der Waals surface area contributed by atoms with Crippen LogP contribution in [-0.4, -0.2) is 46.0 Å². The molecule has 0 saturated heterocycles. The molecule has 0 radical (unpaired) electrons. The zero-order chi connectivity index (χ0) is 14.6. The number of thiophene rings is 1. The molecular weight excluding hydrogens is 264 g/mol. The fraction of sp³-hybridized carbons (Fsp3) is 0.538. The van der Waals surface area contributed by atoms with E-state index in [9.17, 15) is 9.59 Å². The average molecular weight is 284 g/mol. The minimum atomic E-state index is -1.01. The van der Waals surface area contributed by atoms with Crippen LogP contribution in [0.5, 0.6) is 0 Å². The normalized spacial score (nSPS) is 11.2. The van der Waals surface area contributed by atoms with Crippen molar-refractivity contribution in [3.63, 3.8) is 0 Å². The molecule has 5 nitrogen and oxygen atoms in total. The molecule has 2 amide bonds. The van der Waals surface area contributed by atoms with Crippen molar-refractivity contribution >= 4 is 23.3 Å². The van der Waals surface area contributed by atoms with E-state index in [1.165, 1.54) is 9.80 Å². The number of carbonyl (C=O) groups is 2. The molecule has 0 aliphatic heterocycles. The third kappa shape index (κ3) is 4.55. The van der Waals surface area contributed by atoms with Gasteiger partial charge < -0.3 is 14.9 Å². The number of nitrogens with zero attached hydrogens (tertiary/aromatic N) is 2. The Balaban J connectivity index is 2.78. The molecule has 0 aromatic carbocycles. The Hall–Kier alpha value is -1.56. The van der Waals surface area contributed by atoms with Crippen LogP contribution in [-0.2, 0) is 11.3 Å². The number of carboxylic acid groups (broad SMARTS) is 1. The standard InChI is InChI=1S/C13H20N2O3S/c1-13(2,3)15(8-11(16)17)12(18)14(4)7-10-5-6-19-9-10/h5-6,9H,7-8H2,1-4H3,(H,16,17). The van der Waals surface area contributed by atoms with Crippen molar-refractivity contribution in [2.24, 2.45) is 0 Å². The first-order valence-electron chi connectivity index (χ1n) is 5.97. The summed E-state index contributed by atoms with van der Waals surface area (Å²) >= 11 is 1.57. The highest BCUT2D eigenvalue weighted by Gasteiger charge is 2.30. The van der Waals surface area contributed by atoms with Crippen molar-refractivity contribution in [1.29, 1.82) is 0 Å². The van der Waals surface area contributed by atoms with Gasteiger partial charge in [-0.15, -0.1) is 0 Å². The van der Waals surface area contributed by atoms with Gasteiger partial charge in [0, 0.05) is 19.1 Å². The Kier molecular flexibility index (Phi) is 4.94. The highest BCUT2D eigenvalue weighted by atomic mass is 32.1. The van der Waals surface area contributed by atoms with E-state index >= 15 is 0 Å². The molecule has 19 heavy (non-hydrogen) atoms. The Morgan fingerprint density at radius 3 is 2.42 bits per heavy atom. The Morgan fingerprint density at radius 2 is 2.00 bits per heavy atom. The van der Waals surface area contributed by atoms with Gasteiger partial charge in [0.2, 0.25) is 0 Å². The van der Waals surface area contributed by atoms with Crippen LogP contribution in [0.15, 0.2) is 16.8 Å². The fourth-order valence-electron chi connectivity index (χ4n) is 1.66. The summed E-state index contributed by atoms with van der Waals surface area (Å²) in [4.78, 5) is 26.1. The molecule has 0 aliphatic rings. The number of amides is 2. The Labute approximate surface area is 117 Å². The van der Waals surface area contributed by atoms with Crippen molar-refractivity contribution in [2.75, 3.05) is 13.6 Å². The minimum absolute atomic E-state index is 0.277. The maximum absolute atomic E-state index is 12.3. The second-order valence-corrected chi connectivity index (χ2v) is 6.20. The predicted octanol–water partition coefficient (Wildman–Crippen LogP) is 2.49. The van der Waals surface area contributed by atoms with Crippen molar-refractivity contribution < 1.29 is 14.7 Å². The summed E-state index contributed by atoms with van der Waals surface area (Å²) in [7, 11) is 1.68.